The lowest BCUT2D eigenvalue weighted by Gasteiger charge is -2.33. The van der Waals surface area contributed by atoms with Crippen LogP contribution in [0.3, 0.4) is 0 Å². The van der Waals surface area contributed by atoms with Gasteiger partial charge in [0, 0.05) is 37.0 Å². The molecular weight excluding hydrogens is 248 g/mol. The lowest BCUT2D eigenvalue weighted by Crippen LogP contribution is -2.34. The fraction of sp³-hybridized carbons (Fsp3) is 0.471. The fourth-order valence-corrected chi connectivity index (χ4v) is 3.02. The van der Waals surface area contributed by atoms with E-state index in [2.05, 4.69) is 41.9 Å². The minimum Gasteiger partial charge on any atom is -0.396 e. The second kappa shape index (κ2) is 5.41. The van der Waals surface area contributed by atoms with Crippen molar-refractivity contribution in [1.82, 2.24) is 4.98 Å². The number of aliphatic hydroxyl groups is 1. The van der Waals surface area contributed by atoms with Gasteiger partial charge in [-0.15, -0.1) is 0 Å². The van der Waals surface area contributed by atoms with Gasteiger partial charge in [-0.1, -0.05) is 0 Å². The summed E-state index contributed by atoms with van der Waals surface area (Å²) in [6, 6.07) is 6.55. The average Bonchev–Trinajstić information content (AvgIpc) is 2.48. The van der Waals surface area contributed by atoms with Crippen molar-refractivity contribution in [2.75, 3.05) is 24.6 Å². The number of hydrogen-bond acceptors (Lipinski definition) is 3. The van der Waals surface area contributed by atoms with Crippen LogP contribution in [0.25, 0.3) is 10.9 Å². The van der Waals surface area contributed by atoms with Gasteiger partial charge in [-0.05, 0) is 61.9 Å². The van der Waals surface area contributed by atoms with E-state index in [1.54, 1.807) is 0 Å². The molecule has 0 aliphatic carbocycles. The van der Waals surface area contributed by atoms with Gasteiger partial charge in [0.15, 0.2) is 0 Å². The molecule has 0 radical (unpaired) electrons. The van der Waals surface area contributed by atoms with Crippen molar-refractivity contribution in [3.05, 3.63) is 35.5 Å². The van der Waals surface area contributed by atoms with E-state index >= 15 is 0 Å². The van der Waals surface area contributed by atoms with Crippen LogP contribution in [0.5, 0.6) is 0 Å². The van der Waals surface area contributed by atoms with E-state index in [4.69, 9.17) is 0 Å². The van der Waals surface area contributed by atoms with Crippen molar-refractivity contribution < 1.29 is 5.11 Å². The number of aliphatic hydroxyl groups excluding tert-OH is 1. The number of hydrogen-bond donors (Lipinski definition) is 1. The summed E-state index contributed by atoms with van der Waals surface area (Å²) in [4.78, 5) is 6.94. The average molecular weight is 270 g/mol. The van der Waals surface area contributed by atoms with Crippen molar-refractivity contribution >= 4 is 16.6 Å². The number of aromatic nitrogens is 1. The second-order valence-electron chi connectivity index (χ2n) is 5.90. The predicted octanol–water partition coefficient (Wildman–Crippen LogP) is 3.06. The molecule has 0 atom stereocenters. The largest absolute Gasteiger partial charge is 0.396 e. The van der Waals surface area contributed by atoms with Crippen LogP contribution in [-0.2, 0) is 0 Å². The molecule has 0 bridgehead atoms. The van der Waals surface area contributed by atoms with Gasteiger partial charge in [0.25, 0.3) is 0 Å². The highest BCUT2D eigenvalue weighted by Crippen LogP contribution is 2.30. The Morgan fingerprint density at radius 3 is 2.60 bits per heavy atom. The molecule has 1 saturated heterocycles. The summed E-state index contributed by atoms with van der Waals surface area (Å²) in [5.41, 5.74) is 4.97. The van der Waals surface area contributed by atoms with Crippen molar-refractivity contribution in [3.8, 4) is 0 Å². The van der Waals surface area contributed by atoms with Crippen LogP contribution in [0.2, 0.25) is 0 Å². The van der Waals surface area contributed by atoms with Gasteiger partial charge in [0.1, 0.15) is 0 Å². The Labute approximate surface area is 120 Å². The van der Waals surface area contributed by atoms with E-state index in [-0.39, 0.29) is 0 Å². The molecule has 3 nitrogen and oxygen atoms in total. The summed E-state index contributed by atoms with van der Waals surface area (Å²) < 4.78 is 0. The first-order chi connectivity index (χ1) is 9.69. The van der Waals surface area contributed by atoms with Gasteiger partial charge in [0.05, 0.1) is 5.52 Å². The van der Waals surface area contributed by atoms with Crippen LogP contribution in [0, 0.1) is 19.8 Å². The van der Waals surface area contributed by atoms with E-state index < -0.39 is 0 Å². The SMILES string of the molecule is Cc1cc2nccc(N3CCC(CO)CC3)c2cc1C. The summed E-state index contributed by atoms with van der Waals surface area (Å²) in [5, 5.41) is 10.5. The van der Waals surface area contributed by atoms with Gasteiger partial charge in [-0.2, -0.15) is 0 Å². The predicted molar refractivity (Wildman–Crippen MR) is 83.2 cm³/mol. The van der Waals surface area contributed by atoms with E-state index in [1.165, 1.54) is 22.2 Å². The standard InChI is InChI=1S/C17H22N2O/c1-12-9-15-16(10-13(12)2)18-6-3-17(15)19-7-4-14(11-20)5-8-19/h3,6,9-10,14,20H,4-5,7-8,11H2,1-2H3. The first-order valence-electron chi connectivity index (χ1n) is 7.41. The second-order valence-corrected chi connectivity index (χ2v) is 5.90. The first kappa shape index (κ1) is 13.4. The molecule has 0 saturated carbocycles. The van der Waals surface area contributed by atoms with E-state index in [1.807, 2.05) is 6.20 Å². The van der Waals surface area contributed by atoms with E-state index in [9.17, 15) is 5.11 Å². The van der Waals surface area contributed by atoms with Crippen LogP contribution in [0.1, 0.15) is 24.0 Å². The zero-order valence-electron chi connectivity index (χ0n) is 12.3. The summed E-state index contributed by atoms with van der Waals surface area (Å²) >= 11 is 0. The Kier molecular flexibility index (Phi) is 3.62. The summed E-state index contributed by atoms with van der Waals surface area (Å²) in [7, 11) is 0. The highest BCUT2D eigenvalue weighted by Gasteiger charge is 2.20. The Morgan fingerprint density at radius 2 is 1.90 bits per heavy atom. The molecule has 3 rings (SSSR count). The van der Waals surface area contributed by atoms with Crippen LogP contribution < -0.4 is 4.90 Å². The molecule has 2 heterocycles. The molecular formula is C17H22N2O. The number of nitrogens with zero attached hydrogens (tertiary/aromatic N) is 2. The Balaban J connectivity index is 1.97. The van der Waals surface area contributed by atoms with E-state index in [0.29, 0.717) is 12.5 Å². The number of rotatable bonds is 2. The molecule has 0 spiro atoms. The highest BCUT2D eigenvalue weighted by molar-refractivity contribution is 5.92. The van der Waals surface area contributed by atoms with Gasteiger partial charge in [-0.3, -0.25) is 4.98 Å². The molecule has 1 aliphatic rings. The van der Waals surface area contributed by atoms with E-state index in [0.717, 1.165) is 31.4 Å². The van der Waals surface area contributed by atoms with Gasteiger partial charge in [-0.25, -0.2) is 0 Å². The Bertz CT molecular complexity index is 616. The lowest BCUT2D eigenvalue weighted by atomic mass is 9.96. The smallest absolute Gasteiger partial charge is 0.0725 e. The third kappa shape index (κ3) is 2.38. The monoisotopic (exact) mass is 270 g/mol. The molecule has 0 amide bonds. The van der Waals surface area contributed by atoms with Crippen molar-refractivity contribution in [3.63, 3.8) is 0 Å². The van der Waals surface area contributed by atoms with Gasteiger partial charge >= 0.3 is 0 Å². The number of fused-ring (bicyclic) bond motifs is 1. The molecule has 2 aromatic rings. The Morgan fingerprint density at radius 1 is 1.20 bits per heavy atom. The van der Waals surface area contributed by atoms with Crippen LogP contribution in [0.4, 0.5) is 5.69 Å². The van der Waals surface area contributed by atoms with Crippen LogP contribution in [-0.4, -0.2) is 29.8 Å². The molecule has 106 valence electrons. The third-order valence-corrected chi connectivity index (χ3v) is 4.55. The minimum atomic E-state index is 0.323. The quantitative estimate of drug-likeness (QED) is 0.911. The van der Waals surface area contributed by atoms with Gasteiger partial charge in [0.2, 0.25) is 0 Å². The topological polar surface area (TPSA) is 36.4 Å². The fourth-order valence-electron chi connectivity index (χ4n) is 3.02. The van der Waals surface area contributed by atoms with Crippen LogP contribution in [0.15, 0.2) is 24.4 Å². The highest BCUT2D eigenvalue weighted by atomic mass is 16.3. The molecule has 20 heavy (non-hydrogen) atoms. The maximum absolute atomic E-state index is 9.26. The molecule has 1 aromatic heterocycles. The van der Waals surface area contributed by atoms with Crippen molar-refractivity contribution in [2.24, 2.45) is 5.92 Å². The summed E-state index contributed by atoms with van der Waals surface area (Å²) in [6.07, 6.45) is 4.06. The molecule has 3 heteroatoms. The zero-order valence-corrected chi connectivity index (χ0v) is 12.3. The van der Waals surface area contributed by atoms with Crippen molar-refractivity contribution in [1.29, 1.82) is 0 Å². The summed E-state index contributed by atoms with van der Waals surface area (Å²) in [5.74, 6) is 0.475. The summed E-state index contributed by atoms with van der Waals surface area (Å²) in [6.45, 7) is 6.66. The Hall–Kier alpha value is -1.61. The zero-order chi connectivity index (χ0) is 14.1. The van der Waals surface area contributed by atoms with Gasteiger partial charge < -0.3 is 10.0 Å². The first-order valence-corrected chi connectivity index (χ1v) is 7.41. The van der Waals surface area contributed by atoms with Crippen LogP contribution >= 0.6 is 0 Å². The molecule has 1 fully saturated rings. The normalized spacial score (nSPS) is 16.9. The lowest BCUT2D eigenvalue weighted by molar-refractivity contribution is 0.203. The maximum atomic E-state index is 9.26. The number of benzene rings is 1. The van der Waals surface area contributed by atoms with Crippen molar-refractivity contribution in [2.45, 2.75) is 26.7 Å². The molecule has 1 N–H and O–H groups in total. The number of aryl methyl sites for hydroxylation is 2. The number of anilines is 1. The number of piperidine rings is 1. The molecule has 1 aromatic carbocycles. The third-order valence-electron chi connectivity index (χ3n) is 4.55. The minimum absolute atomic E-state index is 0.323. The number of pyridine rings is 1. The maximum Gasteiger partial charge on any atom is 0.0725 e. The molecule has 1 aliphatic heterocycles. The molecule has 0 unspecified atom stereocenters.